The molecule has 1 aliphatic rings. The molecular weight excluding hydrogens is 297 g/mol. The number of nitrogens with zero attached hydrogens (tertiary/aromatic N) is 2. The van der Waals surface area contributed by atoms with E-state index in [-0.39, 0.29) is 28.4 Å². The van der Waals surface area contributed by atoms with Crippen LogP contribution in [0.3, 0.4) is 0 Å². The number of fused-ring (bicyclic) bond motifs is 1. The van der Waals surface area contributed by atoms with Gasteiger partial charge in [-0.05, 0) is 43.9 Å². The van der Waals surface area contributed by atoms with Crippen molar-refractivity contribution >= 4 is 40.0 Å². The first kappa shape index (κ1) is 13.8. The zero-order valence-corrected chi connectivity index (χ0v) is 12.2. The molecule has 0 aliphatic heterocycles. The number of alkyl halides is 2. The Kier molecular flexibility index (Phi) is 3.69. The van der Waals surface area contributed by atoms with E-state index in [1.165, 1.54) is 0 Å². The third-order valence-electron chi connectivity index (χ3n) is 3.85. The molecule has 4 atom stereocenters. The van der Waals surface area contributed by atoms with Crippen molar-refractivity contribution in [3.8, 4) is 0 Å². The highest BCUT2D eigenvalue weighted by atomic mass is 35.5. The molecule has 1 saturated carbocycles. The fourth-order valence-electron chi connectivity index (χ4n) is 2.82. The van der Waals surface area contributed by atoms with Gasteiger partial charge in [0.25, 0.3) is 0 Å². The highest BCUT2D eigenvalue weighted by Gasteiger charge is 2.38. The molecule has 4 nitrogen and oxygen atoms in total. The molecule has 0 spiro atoms. The Balaban J connectivity index is 1.90. The molecule has 1 N–H and O–H groups in total. The Morgan fingerprint density at radius 1 is 1.35 bits per heavy atom. The first-order chi connectivity index (χ1) is 9.56. The predicted octanol–water partition coefficient (Wildman–Crippen LogP) is 3.22. The zero-order chi connectivity index (χ0) is 14.3. The van der Waals surface area contributed by atoms with E-state index in [4.69, 9.17) is 23.2 Å². The summed E-state index contributed by atoms with van der Waals surface area (Å²) in [6.45, 7) is 4.05. The summed E-state index contributed by atoms with van der Waals surface area (Å²) in [5.41, 5.74) is 2.08. The van der Waals surface area contributed by atoms with Crippen LogP contribution in [0.25, 0.3) is 11.0 Å². The van der Waals surface area contributed by atoms with Crippen molar-refractivity contribution < 1.29 is 4.79 Å². The number of halogens is 2. The molecule has 2 aromatic rings. The van der Waals surface area contributed by atoms with Gasteiger partial charge in [-0.3, -0.25) is 9.89 Å². The van der Waals surface area contributed by atoms with Gasteiger partial charge in [0.1, 0.15) is 5.52 Å². The smallest absolute Gasteiger partial charge is 0.167 e. The summed E-state index contributed by atoms with van der Waals surface area (Å²) in [7, 11) is 0. The molecule has 3 rings (SSSR count). The highest BCUT2D eigenvalue weighted by Crippen LogP contribution is 2.37. The summed E-state index contributed by atoms with van der Waals surface area (Å²) in [6.07, 6.45) is 1.35. The molecule has 0 amide bonds. The van der Waals surface area contributed by atoms with Gasteiger partial charge in [0.05, 0.1) is 5.52 Å². The number of aromatic amines is 1. The zero-order valence-electron chi connectivity index (χ0n) is 10.7. The second-order valence-corrected chi connectivity index (χ2v) is 6.46. The number of carbonyl (C=O) groups is 1. The fraction of sp³-hybridized carbons (Fsp3) is 0.429. The molecule has 6 heteroatoms. The second-order valence-electron chi connectivity index (χ2n) is 5.28. The van der Waals surface area contributed by atoms with Crippen LogP contribution in [0.5, 0.6) is 0 Å². The van der Waals surface area contributed by atoms with E-state index in [0.29, 0.717) is 23.9 Å². The lowest BCUT2D eigenvalue weighted by Gasteiger charge is -2.34. The van der Waals surface area contributed by atoms with Crippen LogP contribution in [0.4, 0.5) is 0 Å². The number of H-pyrrole nitrogens is 1. The SMILES string of the molecule is [CH2][C@@H]1CC(Cl)CC(Cl)[C@H]1C(=O)c1ccc2[nH]nnc2c1. The maximum atomic E-state index is 12.7. The third-order valence-corrected chi connectivity index (χ3v) is 4.66. The number of rotatable bonds is 2. The number of ketones is 1. The summed E-state index contributed by atoms with van der Waals surface area (Å²) >= 11 is 12.5. The van der Waals surface area contributed by atoms with Gasteiger partial charge in [-0.15, -0.1) is 28.3 Å². The van der Waals surface area contributed by atoms with E-state index in [2.05, 4.69) is 22.3 Å². The summed E-state index contributed by atoms with van der Waals surface area (Å²) in [5.74, 6) is -0.344. The van der Waals surface area contributed by atoms with Crippen molar-refractivity contribution in [1.82, 2.24) is 15.4 Å². The first-order valence-electron chi connectivity index (χ1n) is 6.52. The Labute approximate surface area is 126 Å². The van der Waals surface area contributed by atoms with Gasteiger partial charge in [0.2, 0.25) is 0 Å². The molecule has 1 radical (unpaired) electrons. The Morgan fingerprint density at radius 2 is 2.15 bits per heavy atom. The van der Waals surface area contributed by atoms with Crippen LogP contribution >= 0.6 is 23.2 Å². The highest BCUT2D eigenvalue weighted by molar-refractivity contribution is 6.25. The summed E-state index contributed by atoms with van der Waals surface area (Å²) in [6, 6.07) is 5.31. The van der Waals surface area contributed by atoms with Crippen molar-refractivity contribution in [3.63, 3.8) is 0 Å². The van der Waals surface area contributed by atoms with E-state index >= 15 is 0 Å². The minimum absolute atomic E-state index is 0.00192. The Hall–Kier alpha value is -1.13. The van der Waals surface area contributed by atoms with E-state index in [0.717, 1.165) is 5.52 Å². The molecule has 105 valence electrons. The van der Waals surface area contributed by atoms with E-state index in [1.54, 1.807) is 18.2 Å². The lowest BCUT2D eigenvalue weighted by Crippen LogP contribution is -2.38. The van der Waals surface area contributed by atoms with Gasteiger partial charge in [0, 0.05) is 22.2 Å². The van der Waals surface area contributed by atoms with Gasteiger partial charge in [-0.1, -0.05) is 5.21 Å². The lowest BCUT2D eigenvalue weighted by molar-refractivity contribution is 0.0859. The monoisotopic (exact) mass is 310 g/mol. The minimum atomic E-state index is -0.295. The number of Topliss-reactive ketones (excluding diaryl/α,β-unsaturated/α-hetero) is 1. The maximum Gasteiger partial charge on any atom is 0.167 e. The largest absolute Gasteiger partial charge is 0.294 e. The topological polar surface area (TPSA) is 58.6 Å². The number of carbonyl (C=O) groups excluding carboxylic acids is 1. The molecular formula is C14H14Cl2N3O. The average Bonchev–Trinajstić information content (AvgIpc) is 2.84. The van der Waals surface area contributed by atoms with E-state index in [1.807, 2.05) is 0 Å². The van der Waals surface area contributed by atoms with Crippen molar-refractivity contribution in [2.75, 3.05) is 0 Å². The predicted molar refractivity (Wildman–Crippen MR) is 79.1 cm³/mol. The van der Waals surface area contributed by atoms with Gasteiger partial charge in [-0.25, -0.2) is 0 Å². The fourth-order valence-corrected chi connectivity index (χ4v) is 3.87. The number of nitrogens with one attached hydrogen (secondary N) is 1. The van der Waals surface area contributed by atoms with Crippen LogP contribution in [0.2, 0.25) is 0 Å². The van der Waals surface area contributed by atoms with Gasteiger partial charge < -0.3 is 0 Å². The van der Waals surface area contributed by atoms with E-state index in [9.17, 15) is 4.79 Å². The van der Waals surface area contributed by atoms with Crippen molar-refractivity contribution in [2.24, 2.45) is 11.8 Å². The van der Waals surface area contributed by atoms with Crippen LogP contribution < -0.4 is 0 Å². The molecule has 2 unspecified atom stereocenters. The van der Waals surface area contributed by atoms with Gasteiger partial charge in [-0.2, -0.15) is 0 Å². The molecule has 1 fully saturated rings. The summed E-state index contributed by atoms with van der Waals surface area (Å²) in [5, 5.41) is 10.1. The molecule has 0 saturated heterocycles. The minimum Gasteiger partial charge on any atom is -0.294 e. The average molecular weight is 311 g/mol. The Bertz CT molecular complexity index is 630. The molecule has 20 heavy (non-hydrogen) atoms. The molecule has 1 heterocycles. The summed E-state index contributed by atoms with van der Waals surface area (Å²) < 4.78 is 0. The molecule has 1 aliphatic carbocycles. The van der Waals surface area contributed by atoms with Crippen LogP contribution in [0.1, 0.15) is 23.2 Å². The van der Waals surface area contributed by atoms with Crippen LogP contribution in [-0.4, -0.2) is 31.9 Å². The summed E-state index contributed by atoms with van der Waals surface area (Å²) in [4.78, 5) is 12.7. The lowest BCUT2D eigenvalue weighted by atomic mass is 9.76. The quantitative estimate of drug-likeness (QED) is 0.684. The van der Waals surface area contributed by atoms with Crippen molar-refractivity contribution in [2.45, 2.75) is 23.6 Å². The molecule has 1 aromatic carbocycles. The van der Waals surface area contributed by atoms with Crippen molar-refractivity contribution in [1.29, 1.82) is 0 Å². The van der Waals surface area contributed by atoms with Gasteiger partial charge in [0.15, 0.2) is 5.78 Å². The van der Waals surface area contributed by atoms with Crippen LogP contribution in [0, 0.1) is 18.8 Å². The number of aromatic nitrogens is 3. The molecule has 1 aromatic heterocycles. The Morgan fingerprint density at radius 3 is 2.90 bits per heavy atom. The van der Waals surface area contributed by atoms with Gasteiger partial charge >= 0.3 is 0 Å². The van der Waals surface area contributed by atoms with Crippen molar-refractivity contribution in [3.05, 3.63) is 30.7 Å². The van der Waals surface area contributed by atoms with E-state index < -0.39 is 0 Å². The number of hydrogen-bond donors (Lipinski definition) is 1. The molecule has 0 bridgehead atoms. The second kappa shape index (κ2) is 5.34. The number of hydrogen-bond acceptors (Lipinski definition) is 3. The third kappa shape index (κ3) is 2.42. The van der Waals surface area contributed by atoms with Crippen LogP contribution in [0.15, 0.2) is 18.2 Å². The first-order valence-corrected chi connectivity index (χ1v) is 7.40. The van der Waals surface area contributed by atoms with Crippen LogP contribution in [-0.2, 0) is 0 Å². The standard InChI is InChI=1S/C14H14Cl2N3O/c1-7-4-9(15)6-10(16)13(7)14(20)8-2-3-11-12(5-8)18-19-17-11/h2-3,5,7,9-10,13H,1,4,6H2,(H,17,18,19)/t7-,9?,10?,13+/m1/s1. The number of benzene rings is 1. The maximum absolute atomic E-state index is 12.7. The normalized spacial score (nSPS) is 30.6.